The van der Waals surface area contributed by atoms with E-state index in [1.54, 1.807) is 31.4 Å². The number of hydrogen-bond donors (Lipinski definition) is 2. The molecule has 6 heteroatoms. The number of ether oxygens (including phenoxy) is 2. The van der Waals surface area contributed by atoms with E-state index in [0.29, 0.717) is 25.3 Å². The van der Waals surface area contributed by atoms with Crippen LogP contribution in [0.1, 0.15) is 19.8 Å². The first-order valence-corrected chi connectivity index (χ1v) is 6.96. The summed E-state index contributed by atoms with van der Waals surface area (Å²) in [6, 6.07) is 7.20. The Bertz CT molecular complexity index is 445. The quantitative estimate of drug-likeness (QED) is 0.669. The van der Waals surface area contributed by atoms with E-state index in [1.165, 1.54) is 0 Å². The van der Waals surface area contributed by atoms with Crippen molar-refractivity contribution in [1.82, 2.24) is 10.6 Å². The van der Waals surface area contributed by atoms with Crippen molar-refractivity contribution < 1.29 is 19.1 Å². The van der Waals surface area contributed by atoms with E-state index >= 15 is 0 Å². The highest BCUT2D eigenvalue weighted by atomic mass is 16.5. The maximum atomic E-state index is 11.4. The van der Waals surface area contributed by atoms with Crippen molar-refractivity contribution in [3.05, 3.63) is 24.3 Å². The molecule has 0 saturated heterocycles. The van der Waals surface area contributed by atoms with Gasteiger partial charge in [0.15, 0.2) is 0 Å². The second-order valence-electron chi connectivity index (χ2n) is 4.40. The fourth-order valence-electron chi connectivity index (χ4n) is 1.59. The third-order valence-electron chi connectivity index (χ3n) is 2.68. The van der Waals surface area contributed by atoms with Crippen LogP contribution in [0, 0.1) is 0 Å². The first-order valence-electron chi connectivity index (χ1n) is 6.96. The van der Waals surface area contributed by atoms with Crippen LogP contribution in [0.15, 0.2) is 24.3 Å². The highest BCUT2D eigenvalue weighted by Crippen LogP contribution is 2.16. The molecule has 0 bridgehead atoms. The summed E-state index contributed by atoms with van der Waals surface area (Å²) in [5.74, 6) is 1.14. The zero-order chi connectivity index (χ0) is 15.5. The monoisotopic (exact) mass is 294 g/mol. The molecule has 0 fully saturated rings. The molecule has 0 aliphatic rings. The largest absolute Gasteiger partial charge is 0.497 e. The number of nitrogens with one attached hydrogen (secondary N) is 2. The maximum Gasteiger partial charge on any atom is 0.239 e. The van der Waals surface area contributed by atoms with Gasteiger partial charge in [0.25, 0.3) is 0 Å². The van der Waals surface area contributed by atoms with Crippen LogP contribution in [-0.2, 0) is 9.59 Å². The summed E-state index contributed by atoms with van der Waals surface area (Å²) in [7, 11) is 1.60. The molecule has 0 aliphatic heterocycles. The van der Waals surface area contributed by atoms with Crippen molar-refractivity contribution in [2.45, 2.75) is 19.8 Å². The van der Waals surface area contributed by atoms with Crippen LogP contribution < -0.4 is 20.1 Å². The average Bonchev–Trinajstić information content (AvgIpc) is 2.50. The van der Waals surface area contributed by atoms with E-state index in [2.05, 4.69) is 10.6 Å². The zero-order valence-electron chi connectivity index (χ0n) is 12.5. The lowest BCUT2D eigenvalue weighted by Gasteiger charge is -2.09. The minimum Gasteiger partial charge on any atom is -0.497 e. The van der Waals surface area contributed by atoms with Crippen LogP contribution in [0.4, 0.5) is 0 Å². The lowest BCUT2D eigenvalue weighted by Crippen LogP contribution is -2.38. The van der Waals surface area contributed by atoms with Gasteiger partial charge in [0.2, 0.25) is 11.8 Å². The molecule has 1 aromatic rings. The maximum absolute atomic E-state index is 11.4. The fourth-order valence-corrected chi connectivity index (χ4v) is 1.59. The number of rotatable bonds is 9. The molecule has 0 spiro atoms. The van der Waals surface area contributed by atoms with Crippen molar-refractivity contribution in [3.8, 4) is 11.5 Å². The number of carbonyl (C=O) groups is 2. The van der Waals surface area contributed by atoms with Crippen LogP contribution in [-0.4, -0.2) is 38.6 Å². The summed E-state index contributed by atoms with van der Waals surface area (Å²) in [4.78, 5) is 22.6. The number of benzene rings is 1. The number of methoxy groups -OCH3 is 1. The van der Waals surface area contributed by atoms with Gasteiger partial charge in [0.05, 0.1) is 20.2 Å². The minimum atomic E-state index is -0.224. The van der Waals surface area contributed by atoms with Gasteiger partial charge in [0, 0.05) is 6.42 Å². The van der Waals surface area contributed by atoms with Gasteiger partial charge in [-0.15, -0.1) is 0 Å². The summed E-state index contributed by atoms with van der Waals surface area (Å²) in [6.07, 6.45) is 1.21. The molecule has 0 unspecified atom stereocenters. The average molecular weight is 294 g/mol. The van der Waals surface area contributed by atoms with Gasteiger partial charge in [-0.2, -0.15) is 0 Å². The molecule has 116 valence electrons. The molecular weight excluding hydrogens is 272 g/mol. The second-order valence-corrected chi connectivity index (χ2v) is 4.40. The first kappa shape index (κ1) is 16.8. The SMILES string of the molecule is CCCC(=O)NCC(=O)NCCOc1ccc(OC)cc1. The summed E-state index contributed by atoms with van der Waals surface area (Å²) in [5.41, 5.74) is 0. The van der Waals surface area contributed by atoms with Gasteiger partial charge in [-0.25, -0.2) is 0 Å². The van der Waals surface area contributed by atoms with Gasteiger partial charge in [-0.1, -0.05) is 6.92 Å². The summed E-state index contributed by atoms with van der Waals surface area (Å²) in [6.45, 7) is 2.66. The van der Waals surface area contributed by atoms with Crippen LogP contribution in [0.2, 0.25) is 0 Å². The van der Waals surface area contributed by atoms with Crippen LogP contribution in [0.3, 0.4) is 0 Å². The Morgan fingerprint density at radius 2 is 1.71 bits per heavy atom. The van der Waals surface area contributed by atoms with Crippen molar-refractivity contribution in [1.29, 1.82) is 0 Å². The van der Waals surface area contributed by atoms with Crippen molar-refractivity contribution in [3.63, 3.8) is 0 Å². The Hall–Kier alpha value is -2.24. The van der Waals surface area contributed by atoms with Crippen molar-refractivity contribution >= 4 is 11.8 Å². The molecular formula is C15H22N2O4. The number of hydrogen-bond acceptors (Lipinski definition) is 4. The Labute approximate surface area is 124 Å². The smallest absolute Gasteiger partial charge is 0.239 e. The second kappa shape index (κ2) is 9.63. The van der Waals surface area contributed by atoms with Gasteiger partial charge >= 0.3 is 0 Å². The molecule has 0 saturated carbocycles. The Kier molecular flexibility index (Phi) is 7.71. The summed E-state index contributed by atoms with van der Waals surface area (Å²) < 4.78 is 10.5. The van der Waals surface area contributed by atoms with Crippen LogP contribution in [0.25, 0.3) is 0 Å². The van der Waals surface area contributed by atoms with Gasteiger partial charge in [-0.3, -0.25) is 9.59 Å². The Morgan fingerprint density at radius 3 is 2.33 bits per heavy atom. The molecule has 0 aliphatic carbocycles. The van der Waals surface area contributed by atoms with Gasteiger partial charge < -0.3 is 20.1 Å². The topological polar surface area (TPSA) is 76.7 Å². The fraction of sp³-hybridized carbons (Fsp3) is 0.467. The van der Waals surface area contributed by atoms with E-state index in [1.807, 2.05) is 6.92 Å². The summed E-state index contributed by atoms with van der Waals surface area (Å²) in [5, 5.41) is 5.22. The molecule has 0 atom stereocenters. The molecule has 1 aromatic carbocycles. The predicted molar refractivity (Wildman–Crippen MR) is 79.4 cm³/mol. The van der Waals surface area contributed by atoms with Gasteiger partial charge in [-0.05, 0) is 30.7 Å². The highest BCUT2D eigenvalue weighted by Gasteiger charge is 2.04. The molecule has 21 heavy (non-hydrogen) atoms. The van der Waals surface area contributed by atoms with E-state index in [-0.39, 0.29) is 18.4 Å². The van der Waals surface area contributed by atoms with Gasteiger partial charge in [0.1, 0.15) is 18.1 Å². The first-order chi connectivity index (χ1) is 10.2. The zero-order valence-corrected chi connectivity index (χ0v) is 12.5. The lowest BCUT2D eigenvalue weighted by molar-refractivity contribution is -0.126. The number of carbonyl (C=O) groups excluding carboxylic acids is 2. The molecule has 0 aromatic heterocycles. The third-order valence-corrected chi connectivity index (χ3v) is 2.68. The van der Waals surface area contributed by atoms with Crippen LogP contribution >= 0.6 is 0 Å². The normalized spacial score (nSPS) is 9.81. The minimum absolute atomic E-state index is 0.00136. The molecule has 2 amide bonds. The van der Waals surface area contributed by atoms with E-state index < -0.39 is 0 Å². The number of amides is 2. The highest BCUT2D eigenvalue weighted by molar-refractivity contribution is 5.84. The van der Waals surface area contributed by atoms with Crippen molar-refractivity contribution in [2.24, 2.45) is 0 Å². The molecule has 1 rings (SSSR count). The van der Waals surface area contributed by atoms with E-state index in [9.17, 15) is 9.59 Å². The summed E-state index contributed by atoms with van der Waals surface area (Å²) >= 11 is 0. The Balaban J connectivity index is 2.12. The molecule has 0 radical (unpaired) electrons. The standard InChI is InChI=1S/C15H22N2O4/c1-3-4-14(18)17-11-15(19)16-9-10-21-13-7-5-12(20-2)6-8-13/h5-8H,3-4,9-11H2,1-2H3,(H,16,19)(H,17,18). The molecule has 0 heterocycles. The third kappa shape index (κ3) is 7.20. The lowest BCUT2D eigenvalue weighted by atomic mass is 10.3. The predicted octanol–water partition coefficient (Wildman–Crippen LogP) is 1.11. The van der Waals surface area contributed by atoms with E-state index in [4.69, 9.17) is 9.47 Å². The Morgan fingerprint density at radius 1 is 1.05 bits per heavy atom. The van der Waals surface area contributed by atoms with Crippen LogP contribution in [0.5, 0.6) is 11.5 Å². The van der Waals surface area contributed by atoms with Crippen molar-refractivity contribution in [2.75, 3.05) is 26.8 Å². The molecule has 2 N–H and O–H groups in total. The van der Waals surface area contributed by atoms with E-state index in [0.717, 1.165) is 12.2 Å². The molecule has 6 nitrogen and oxygen atoms in total.